The number of hydrogen-bond acceptors (Lipinski definition) is 2. The fourth-order valence-corrected chi connectivity index (χ4v) is 2.09. The van der Waals surface area contributed by atoms with Gasteiger partial charge in [-0.1, -0.05) is 42.5 Å². The predicted octanol–water partition coefficient (Wildman–Crippen LogP) is 2.57. The smallest absolute Gasteiger partial charge is 0.223 e. The number of nitrogens with two attached hydrogens (primary N) is 1. The number of rotatable bonds is 4. The van der Waals surface area contributed by atoms with Crippen molar-refractivity contribution in [2.75, 3.05) is 13.6 Å². The van der Waals surface area contributed by atoms with Gasteiger partial charge in [0.25, 0.3) is 0 Å². The summed E-state index contributed by atoms with van der Waals surface area (Å²) in [5.41, 5.74) is 6.57. The highest BCUT2D eigenvalue weighted by Gasteiger charge is 2.09. The molecule has 2 N–H and O–H groups in total. The van der Waals surface area contributed by atoms with Crippen molar-refractivity contribution in [3.05, 3.63) is 48.0 Å². The van der Waals surface area contributed by atoms with E-state index in [0.29, 0.717) is 19.5 Å². The van der Waals surface area contributed by atoms with Gasteiger partial charge in [0.15, 0.2) is 0 Å². The van der Waals surface area contributed by atoms with Crippen LogP contribution in [0.3, 0.4) is 0 Å². The summed E-state index contributed by atoms with van der Waals surface area (Å²) in [7, 11) is 1.82. The number of fused-ring (bicyclic) bond motifs is 1. The second-order valence-corrected chi connectivity index (χ2v) is 4.43. The number of amides is 1. The Hall–Kier alpha value is -1.58. The molecule has 1 amide bonds. The van der Waals surface area contributed by atoms with Crippen LogP contribution in [0.4, 0.5) is 0 Å². The molecule has 0 bridgehead atoms. The van der Waals surface area contributed by atoms with Gasteiger partial charge in [0.2, 0.25) is 5.91 Å². The van der Waals surface area contributed by atoms with E-state index >= 15 is 0 Å². The van der Waals surface area contributed by atoms with Gasteiger partial charge >= 0.3 is 0 Å². The van der Waals surface area contributed by atoms with Gasteiger partial charge in [-0.3, -0.25) is 4.79 Å². The largest absolute Gasteiger partial charge is 0.341 e. The van der Waals surface area contributed by atoms with Crippen molar-refractivity contribution in [1.29, 1.82) is 0 Å². The van der Waals surface area contributed by atoms with Crippen molar-refractivity contribution in [2.24, 2.45) is 5.73 Å². The van der Waals surface area contributed by atoms with Crippen molar-refractivity contribution in [2.45, 2.75) is 13.0 Å². The Kier molecular flexibility index (Phi) is 5.80. The topological polar surface area (TPSA) is 46.3 Å². The molecule has 0 spiro atoms. The molecule has 4 heteroatoms. The van der Waals surface area contributed by atoms with Gasteiger partial charge in [-0.2, -0.15) is 0 Å². The minimum absolute atomic E-state index is 0. The molecule has 102 valence electrons. The fraction of sp³-hybridized carbons (Fsp3) is 0.267. The second kappa shape index (κ2) is 7.12. The van der Waals surface area contributed by atoms with E-state index in [2.05, 4.69) is 24.3 Å². The lowest BCUT2D eigenvalue weighted by molar-refractivity contribution is -0.130. The lowest BCUT2D eigenvalue weighted by Gasteiger charge is -2.18. The highest BCUT2D eigenvalue weighted by molar-refractivity contribution is 5.86. The molecule has 0 radical (unpaired) electrons. The first-order chi connectivity index (χ1) is 8.72. The molecule has 0 aliphatic heterocycles. The molecule has 0 aromatic heterocycles. The Morgan fingerprint density at radius 3 is 2.58 bits per heavy atom. The van der Waals surface area contributed by atoms with Gasteiger partial charge in [-0.15, -0.1) is 12.4 Å². The molecular weight excluding hydrogens is 260 g/mol. The molecule has 3 nitrogen and oxygen atoms in total. The predicted molar refractivity (Wildman–Crippen MR) is 81.3 cm³/mol. The molecule has 2 aromatic rings. The molecule has 0 atom stereocenters. The van der Waals surface area contributed by atoms with Crippen LogP contribution in [-0.2, 0) is 11.3 Å². The zero-order chi connectivity index (χ0) is 13.0. The Balaban J connectivity index is 0.00000180. The van der Waals surface area contributed by atoms with Crippen LogP contribution in [-0.4, -0.2) is 24.4 Å². The Bertz CT molecular complexity index is 551. The third kappa shape index (κ3) is 3.69. The van der Waals surface area contributed by atoms with E-state index in [9.17, 15) is 4.79 Å². The third-order valence-electron chi connectivity index (χ3n) is 3.07. The van der Waals surface area contributed by atoms with Crippen LogP contribution in [0.25, 0.3) is 10.8 Å². The first-order valence-electron chi connectivity index (χ1n) is 6.13. The maximum Gasteiger partial charge on any atom is 0.223 e. The monoisotopic (exact) mass is 278 g/mol. The standard InChI is InChI=1S/C15H18N2O.ClH/c1-17(15(18)9-10-16)11-13-7-4-6-12-5-2-3-8-14(12)13;/h2-8H,9-11,16H2,1H3;1H. The van der Waals surface area contributed by atoms with Gasteiger partial charge in [-0.25, -0.2) is 0 Å². The van der Waals surface area contributed by atoms with Gasteiger partial charge in [0, 0.05) is 26.6 Å². The highest BCUT2D eigenvalue weighted by atomic mass is 35.5. The molecule has 0 saturated carbocycles. The zero-order valence-corrected chi connectivity index (χ0v) is 11.8. The summed E-state index contributed by atoms with van der Waals surface area (Å²) in [6.07, 6.45) is 0.404. The average Bonchev–Trinajstić information content (AvgIpc) is 2.39. The summed E-state index contributed by atoms with van der Waals surface area (Å²) >= 11 is 0. The Morgan fingerprint density at radius 2 is 1.84 bits per heavy atom. The third-order valence-corrected chi connectivity index (χ3v) is 3.07. The van der Waals surface area contributed by atoms with E-state index in [4.69, 9.17) is 5.73 Å². The molecule has 0 aliphatic rings. The van der Waals surface area contributed by atoms with Crippen molar-refractivity contribution in [3.8, 4) is 0 Å². The second-order valence-electron chi connectivity index (χ2n) is 4.43. The van der Waals surface area contributed by atoms with Gasteiger partial charge in [0.05, 0.1) is 0 Å². The van der Waals surface area contributed by atoms with E-state index in [1.807, 2.05) is 25.2 Å². The Morgan fingerprint density at radius 1 is 1.16 bits per heavy atom. The van der Waals surface area contributed by atoms with Gasteiger partial charge in [-0.05, 0) is 16.3 Å². The highest BCUT2D eigenvalue weighted by Crippen LogP contribution is 2.19. The molecule has 0 fully saturated rings. The number of carbonyl (C=O) groups is 1. The van der Waals surface area contributed by atoms with Crippen LogP contribution in [0.2, 0.25) is 0 Å². The fourth-order valence-electron chi connectivity index (χ4n) is 2.09. The molecule has 2 rings (SSSR count). The average molecular weight is 279 g/mol. The summed E-state index contributed by atoms with van der Waals surface area (Å²) in [5.74, 6) is 0.0884. The minimum Gasteiger partial charge on any atom is -0.341 e. The van der Waals surface area contributed by atoms with Crippen LogP contribution in [0, 0.1) is 0 Å². The summed E-state index contributed by atoms with van der Waals surface area (Å²) in [6.45, 7) is 1.03. The molecular formula is C15H19ClN2O. The number of carbonyl (C=O) groups excluding carboxylic acids is 1. The maximum atomic E-state index is 11.7. The van der Waals surface area contributed by atoms with E-state index in [1.165, 1.54) is 16.3 Å². The first kappa shape index (κ1) is 15.5. The normalized spacial score (nSPS) is 10.0. The molecule has 0 aliphatic carbocycles. The number of hydrogen-bond donors (Lipinski definition) is 1. The van der Waals surface area contributed by atoms with Crippen LogP contribution < -0.4 is 5.73 Å². The Labute approximate surface area is 119 Å². The molecule has 0 heterocycles. The SMILES string of the molecule is CN(Cc1cccc2ccccc12)C(=O)CCN.Cl. The number of nitrogens with zero attached hydrogens (tertiary/aromatic N) is 1. The van der Waals surface area contributed by atoms with Crippen molar-refractivity contribution in [3.63, 3.8) is 0 Å². The first-order valence-corrected chi connectivity index (χ1v) is 6.13. The van der Waals surface area contributed by atoms with E-state index in [0.717, 1.165) is 0 Å². The van der Waals surface area contributed by atoms with Crippen molar-refractivity contribution in [1.82, 2.24) is 4.90 Å². The van der Waals surface area contributed by atoms with Crippen molar-refractivity contribution < 1.29 is 4.79 Å². The lowest BCUT2D eigenvalue weighted by Crippen LogP contribution is -2.28. The van der Waals surface area contributed by atoms with Crippen LogP contribution >= 0.6 is 12.4 Å². The zero-order valence-electron chi connectivity index (χ0n) is 11.0. The summed E-state index contributed by atoms with van der Waals surface area (Å²) in [6, 6.07) is 14.4. The lowest BCUT2D eigenvalue weighted by atomic mass is 10.0. The molecule has 19 heavy (non-hydrogen) atoms. The van der Waals surface area contributed by atoms with Crippen LogP contribution in [0.1, 0.15) is 12.0 Å². The van der Waals surface area contributed by atoms with Gasteiger partial charge in [0.1, 0.15) is 0 Å². The van der Waals surface area contributed by atoms with E-state index in [-0.39, 0.29) is 18.3 Å². The van der Waals surface area contributed by atoms with Crippen molar-refractivity contribution >= 4 is 29.1 Å². The number of halogens is 1. The van der Waals surface area contributed by atoms with E-state index in [1.54, 1.807) is 4.90 Å². The molecule has 2 aromatic carbocycles. The molecule has 0 unspecified atom stereocenters. The van der Waals surface area contributed by atoms with Crippen LogP contribution in [0.15, 0.2) is 42.5 Å². The maximum absolute atomic E-state index is 11.7. The summed E-state index contributed by atoms with van der Waals surface area (Å²) < 4.78 is 0. The quantitative estimate of drug-likeness (QED) is 0.934. The minimum atomic E-state index is 0. The van der Waals surface area contributed by atoms with E-state index < -0.39 is 0 Å². The molecule has 0 saturated heterocycles. The summed E-state index contributed by atoms with van der Waals surface area (Å²) in [4.78, 5) is 13.5. The van der Waals surface area contributed by atoms with Gasteiger partial charge < -0.3 is 10.6 Å². The number of benzene rings is 2. The van der Waals surface area contributed by atoms with Crippen LogP contribution in [0.5, 0.6) is 0 Å². The summed E-state index contributed by atoms with van der Waals surface area (Å²) in [5, 5.41) is 2.40.